The first-order chi connectivity index (χ1) is 11.7. The standard InChI is InChI=1S/C18H25N3O3/c1-24-14-6-2-5-13(11-14)12-20-17(22)16-8-4-10-21(16)18(23)15-7-3-9-19-15/h2,5-6,11,15-16,19H,3-4,7-10,12H2,1H3,(H,20,22)/t15-,16-/m1/s1. The Morgan fingerprint density at radius 2 is 2.21 bits per heavy atom. The van der Waals surface area contributed by atoms with E-state index in [1.165, 1.54) is 0 Å². The largest absolute Gasteiger partial charge is 0.497 e. The van der Waals surface area contributed by atoms with Crippen molar-refractivity contribution in [1.82, 2.24) is 15.5 Å². The van der Waals surface area contributed by atoms with Crippen LogP contribution in [0.4, 0.5) is 0 Å². The molecule has 0 unspecified atom stereocenters. The zero-order valence-electron chi connectivity index (χ0n) is 14.1. The highest BCUT2D eigenvalue weighted by Crippen LogP contribution is 2.21. The number of carbonyl (C=O) groups excluding carboxylic acids is 2. The smallest absolute Gasteiger partial charge is 0.243 e. The molecule has 0 aliphatic carbocycles. The Morgan fingerprint density at radius 1 is 1.33 bits per heavy atom. The summed E-state index contributed by atoms with van der Waals surface area (Å²) in [5.74, 6) is 0.778. The summed E-state index contributed by atoms with van der Waals surface area (Å²) in [5.41, 5.74) is 0.982. The molecule has 1 aromatic carbocycles. The summed E-state index contributed by atoms with van der Waals surface area (Å²) in [7, 11) is 1.62. The zero-order valence-corrected chi connectivity index (χ0v) is 14.1. The van der Waals surface area contributed by atoms with Crippen LogP contribution in [-0.2, 0) is 16.1 Å². The van der Waals surface area contributed by atoms with Gasteiger partial charge < -0.3 is 20.3 Å². The van der Waals surface area contributed by atoms with Crippen molar-refractivity contribution in [3.8, 4) is 5.75 Å². The second-order valence-electron chi connectivity index (χ2n) is 6.41. The third kappa shape index (κ3) is 3.70. The van der Waals surface area contributed by atoms with Crippen molar-refractivity contribution in [1.29, 1.82) is 0 Å². The van der Waals surface area contributed by atoms with Gasteiger partial charge in [-0.1, -0.05) is 12.1 Å². The van der Waals surface area contributed by atoms with Crippen molar-refractivity contribution in [3.63, 3.8) is 0 Å². The first-order valence-corrected chi connectivity index (χ1v) is 8.63. The van der Waals surface area contributed by atoms with Crippen molar-refractivity contribution in [3.05, 3.63) is 29.8 Å². The van der Waals surface area contributed by atoms with Gasteiger partial charge >= 0.3 is 0 Å². The average Bonchev–Trinajstić information content (AvgIpc) is 3.30. The summed E-state index contributed by atoms with van der Waals surface area (Å²) < 4.78 is 5.19. The molecule has 1 aromatic rings. The summed E-state index contributed by atoms with van der Waals surface area (Å²) in [4.78, 5) is 26.9. The van der Waals surface area contributed by atoms with Crippen LogP contribution in [0, 0.1) is 0 Å². The number of benzene rings is 1. The van der Waals surface area contributed by atoms with Gasteiger partial charge in [-0.25, -0.2) is 0 Å². The van der Waals surface area contributed by atoms with E-state index in [0.29, 0.717) is 13.1 Å². The topological polar surface area (TPSA) is 70.7 Å². The van der Waals surface area contributed by atoms with Gasteiger partial charge in [0.05, 0.1) is 13.2 Å². The van der Waals surface area contributed by atoms with E-state index in [9.17, 15) is 9.59 Å². The first-order valence-electron chi connectivity index (χ1n) is 8.63. The molecule has 0 spiro atoms. The molecule has 3 rings (SSSR count). The Morgan fingerprint density at radius 3 is 2.96 bits per heavy atom. The van der Waals surface area contributed by atoms with Gasteiger partial charge in [-0.3, -0.25) is 9.59 Å². The minimum Gasteiger partial charge on any atom is -0.497 e. The van der Waals surface area contributed by atoms with Crippen LogP contribution in [0.25, 0.3) is 0 Å². The van der Waals surface area contributed by atoms with E-state index in [0.717, 1.165) is 43.5 Å². The van der Waals surface area contributed by atoms with Crippen LogP contribution in [0.1, 0.15) is 31.2 Å². The number of hydrogen-bond acceptors (Lipinski definition) is 4. The maximum absolute atomic E-state index is 12.6. The Labute approximate surface area is 142 Å². The van der Waals surface area contributed by atoms with Gasteiger partial charge in [0.2, 0.25) is 11.8 Å². The maximum Gasteiger partial charge on any atom is 0.243 e. The molecule has 0 saturated carbocycles. The molecule has 6 nitrogen and oxygen atoms in total. The van der Waals surface area contributed by atoms with E-state index in [1.807, 2.05) is 24.3 Å². The lowest BCUT2D eigenvalue weighted by atomic mass is 10.1. The SMILES string of the molecule is COc1cccc(CNC(=O)[C@H]2CCCN2C(=O)[C@H]2CCCN2)c1. The Kier molecular flexibility index (Phi) is 5.35. The minimum absolute atomic E-state index is 0.0679. The van der Waals surface area contributed by atoms with Crippen LogP contribution in [0.5, 0.6) is 5.75 Å². The lowest BCUT2D eigenvalue weighted by Crippen LogP contribution is -2.50. The van der Waals surface area contributed by atoms with Gasteiger partial charge in [0, 0.05) is 13.1 Å². The minimum atomic E-state index is -0.342. The summed E-state index contributed by atoms with van der Waals surface area (Å²) in [6.07, 6.45) is 3.52. The summed E-state index contributed by atoms with van der Waals surface area (Å²) in [6.45, 7) is 2.00. The fourth-order valence-corrected chi connectivity index (χ4v) is 3.49. The van der Waals surface area contributed by atoms with E-state index >= 15 is 0 Å². The number of ether oxygens (including phenoxy) is 1. The van der Waals surface area contributed by atoms with Crippen molar-refractivity contribution < 1.29 is 14.3 Å². The Hall–Kier alpha value is -2.08. The molecule has 0 radical (unpaired) electrons. The lowest BCUT2D eigenvalue weighted by molar-refractivity contribution is -0.139. The van der Waals surface area contributed by atoms with E-state index in [4.69, 9.17) is 4.74 Å². The van der Waals surface area contributed by atoms with Gasteiger partial charge in [-0.2, -0.15) is 0 Å². The van der Waals surface area contributed by atoms with E-state index < -0.39 is 0 Å². The number of nitrogens with zero attached hydrogens (tertiary/aromatic N) is 1. The van der Waals surface area contributed by atoms with Gasteiger partial charge in [-0.15, -0.1) is 0 Å². The third-order valence-electron chi connectivity index (χ3n) is 4.80. The molecule has 24 heavy (non-hydrogen) atoms. The first kappa shape index (κ1) is 16.8. The molecular formula is C18H25N3O3. The van der Waals surface area contributed by atoms with Crippen molar-refractivity contribution in [2.45, 2.75) is 44.3 Å². The third-order valence-corrected chi connectivity index (χ3v) is 4.80. The highest BCUT2D eigenvalue weighted by molar-refractivity contribution is 5.90. The monoisotopic (exact) mass is 331 g/mol. The normalized spacial score (nSPS) is 23.3. The van der Waals surface area contributed by atoms with Crippen molar-refractivity contribution >= 4 is 11.8 Å². The van der Waals surface area contributed by atoms with Crippen LogP contribution >= 0.6 is 0 Å². The lowest BCUT2D eigenvalue weighted by Gasteiger charge is -2.26. The molecule has 0 aromatic heterocycles. The molecule has 2 atom stereocenters. The molecule has 2 amide bonds. The number of nitrogens with one attached hydrogen (secondary N) is 2. The molecule has 2 fully saturated rings. The van der Waals surface area contributed by atoms with Gasteiger partial charge in [0.1, 0.15) is 11.8 Å². The fraction of sp³-hybridized carbons (Fsp3) is 0.556. The Balaban J connectivity index is 1.57. The number of amides is 2. The van der Waals surface area contributed by atoms with Crippen LogP contribution in [0.3, 0.4) is 0 Å². The molecule has 2 N–H and O–H groups in total. The van der Waals surface area contributed by atoms with Gasteiger partial charge in [-0.05, 0) is 49.9 Å². The van der Waals surface area contributed by atoms with Crippen LogP contribution in [-0.4, -0.2) is 49.0 Å². The fourth-order valence-electron chi connectivity index (χ4n) is 3.49. The van der Waals surface area contributed by atoms with Crippen LogP contribution in [0.2, 0.25) is 0 Å². The zero-order chi connectivity index (χ0) is 16.9. The summed E-state index contributed by atoms with van der Waals surface area (Å²) in [6, 6.07) is 7.17. The second kappa shape index (κ2) is 7.66. The Bertz CT molecular complexity index is 599. The predicted molar refractivity (Wildman–Crippen MR) is 90.6 cm³/mol. The van der Waals surface area contributed by atoms with E-state index in [2.05, 4.69) is 10.6 Å². The van der Waals surface area contributed by atoms with Gasteiger partial charge in [0.15, 0.2) is 0 Å². The quantitative estimate of drug-likeness (QED) is 0.846. The number of rotatable bonds is 5. The van der Waals surface area contributed by atoms with Crippen molar-refractivity contribution in [2.24, 2.45) is 0 Å². The summed E-state index contributed by atoms with van der Waals surface area (Å²) in [5, 5.41) is 6.19. The number of carbonyl (C=O) groups is 2. The van der Waals surface area contributed by atoms with Crippen LogP contribution in [0.15, 0.2) is 24.3 Å². The molecule has 6 heteroatoms. The predicted octanol–water partition coefficient (Wildman–Crippen LogP) is 1.05. The molecule has 0 bridgehead atoms. The molecule has 2 aliphatic heterocycles. The van der Waals surface area contributed by atoms with E-state index in [-0.39, 0.29) is 23.9 Å². The molecule has 2 saturated heterocycles. The van der Waals surface area contributed by atoms with Crippen molar-refractivity contribution in [2.75, 3.05) is 20.2 Å². The highest BCUT2D eigenvalue weighted by Gasteiger charge is 2.37. The molecule has 130 valence electrons. The molecule has 2 heterocycles. The maximum atomic E-state index is 12.6. The average molecular weight is 331 g/mol. The number of hydrogen-bond donors (Lipinski definition) is 2. The summed E-state index contributed by atoms with van der Waals surface area (Å²) >= 11 is 0. The molecular weight excluding hydrogens is 306 g/mol. The highest BCUT2D eigenvalue weighted by atomic mass is 16.5. The van der Waals surface area contributed by atoms with Gasteiger partial charge in [0.25, 0.3) is 0 Å². The number of methoxy groups -OCH3 is 1. The second-order valence-corrected chi connectivity index (χ2v) is 6.41. The number of likely N-dealkylation sites (tertiary alicyclic amines) is 1. The molecule has 2 aliphatic rings. The van der Waals surface area contributed by atoms with E-state index in [1.54, 1.807) is 12.0 Å². The van der Waals surface area contributed by atoms with Crippen LogP contribution < -0.4 is 15.4 Å².